The maximum Gasteiger partial charge on any atom is 0.245 e. The lowest BCUT2D eigenvalue weighted by molar-refractivity contribution is 0.482. The van der Waals surface area contributed by atoms with Crippen molar-refractivity contribution in [2.45, 2.75) is 11.8 Å². The second-order valence-electron chi connectivity index (χ2n) is 3.45. The summed E-state index contributed by atoms with van der Waals surface area (Å²) in [5.74, 6) is 4.60. The van der Waals surface area contributed by atoms with Crippen molar-refractivity contribution in [3.63, 3.8) is 0 Å². The van der Waals surface area contributed by atoms with E-state index in [2.05, 4.69) is 11.8 Å². The van der Waals surface area contributed by atoms with Gasteiger partial charge in [0.15, 0.2) is 0 Å². The summed E-state index contributed by atoms with van der Waals surface area (Å²) < 4.78 is 25.6. The zero-order valence-electron chi connectivity index (χ0n) is 9.55. The first-order valence-electron chi connectivity index (χ1n) is 4.96. The highest BCUT2D eigenvalue weighted by atomic mass is 32.2. The molecule has 0 fully saturated rings. The minimum atomic E-state index is -3.61. The summed E-state index contributed by atoms with van der Waals surface area (Å²) in [5.41, 5.74) is 0.673. The van der Waals surface area contributed by atoms with Crippen LogP contribution in [0.4, 0.5) is 0 Å². The van der Waals surface area contributed by atoms with Crippen molar-refractivity contribution in [1.29, 1.82) is 0 Å². The standard InChI is InChI=1S/C13H13NO2S/c1-4-10-14(11-5-2)17(15,16)13-9-7-6-8-12(13)3/h1-2,6-9H,10-11H2,3H3. The molecule has 3 nitrogen and oxygen atoms in total. The van der Waals surface area contributed by atoms with Crippen LogP contribution in [0.25, 0.3) is 0 Å². The van der Waals surface area contributed by atoms with Gasteiger partial charge in [0.1, 0.15) is 0 Å². The highest BCUT2D eigenvalue weighted by molar-refractivity contribution is 7.89. The Morgan fingerprint density at radius 2 is 1.71 bits per heavy atom. The fourth-order valence-electron chi connectivity index (χ4n) is 1.41. The Hall–Kier alpha value is -1.75. The molecule has 0 aromatic heterocycles. The van der Waals surface area contributed by atoms with Gasteiger partial charge in [-0.3, -0.25) is 0 Å². The Kier molecular flexibility index (Phi) is 4.34. The van der Waals surface area contributed by atoms with E-state index in [1.807, 2.05) is 0 Å². The van der Waals surface area contributed by atoms with Crippen LogP contribution in [-0.4, -0.2) is 25.8 Å². The summed E-state index contributed by atoms with van der Waals surface area (Å²) >= 11 is 0. The Labute approximate surface area is 103 Å². The van der Waals surface area contributed by atoms with Crippen molar-refractivity contribution in [2.24, 2.45) is 0 Å². The summed E-state index contributed by atoms with van der Waals surface area (Å²) in [5, 5.41) is 0. The smallest absolute Gasteiger partial charge is 0.207 e. The predicted octanol–water partition coefficient (Wildman–Crippen LogP) is 1.25. The van der Waals surface area contributed by atoms with Crippen molar-refractivity contribution < 1.29 is 8.42 Å². The van der Waals surface area contributed by atoms with E-state index in [-0.39, 0.29) is 18.0 Å². The van der Waals surface area contributed by atoms with Crippen LogP contribution in [0.1, 0.15) is 5.56 Å². The molecule has 0 N–H and O–H groups in total. The third-order valence-corrected chi connectivity index (χ3v) is 4.20. The molecule has 0 heterocycles. The van der Waals surface area contributed by atoms with E-state index in [4.69, 9.17) is 12.8 Å². The molecule has 0 aliphatic heterocycles. The van der Waals surface area contributed by atoms with Crippen LogP contribution in [0.15, 0.2) is 29.2 Å². The van der Waals surface area contributed by atoms with Gasteiger partial charge in [-0.15, -0.1) is 12.8 Å². The normalized spacial score (nSPS) is 10.8. The molecule has 0 aliphatic carbocycles. The monoisotopic (exact) mass is 247 g/mol. The maximum absolute atomic E-state index is 12.3. The Morgan fingerprint density at radius 3 is 2.18 bits per heavy atom. The Bertz CT molecular complexity index is 560. The highest BCUT2D eigenvalue weighted by Crippen LogP contribution is 2.18. The minimum Gasteiger partial charge on any atom is -0.207 e. The first kappa shape index (κ1) is 13.3. The maximum atomic E-state index is 12.3. The van der Waals surface area contributed by atoms with Gasteiger partial charge in [0.05, 0.1) is 18.0 Å². The molecular formula is C13H13NO2S. The SMILES string of the molecule is C#CCN(CC#C)S(=O)(=O)c1ccccc1C. The average molecular weight is 247 g/mol. The van der Waals surface area contributed by atoms with E-state index in [9.17, 15) is 8.42 Å². The molecule has 0 spiro atoms. The largest absolute Gasteiger partial charge is 0.245 e. The number of nitrogens with zero attached hydrogens (tertiary/aromatic N) is 1. The molecular weight excluding hydrogens is 234 g/mol. The van der Waals surface area contributed by atoms with Crippen molar-refractivity contribution in [3.8, 4) is 24.7 Å². The van der Waals surface area contributed by atoms with E-state index in [1.54, 1.807) is 31.2 Å². The summed E-state index contributed by atoms with van der Waals surface area (Å²) in [6, 6.07) is 6.73. The zero-order chi connectivity index (χ0) is 12.9. The van der Waals surface area contributed by atoms with Crippen molar-refractivity contribution >= 4 is 10.0 Å². The van der Waals surface area contributed by atoms with Gasteiger partial charge >= 0.3 is 0 Å². The number of hydrogen-bond acceptors (Lipinski definition) is 2. The van der Waals surface area contributed by atoms with Crippen molar-refractivity contribution in [3.05, 3.63) is 29.8 Å². The van der Waals surface area contributed by atoms with Gasteiger partial charge in [0.2, 0.25) is 10.0 Å². The van der Waals surface area contributed by atoms with Crippen LogP contribution in [0.5, 0.6) is 0 Å². The minimum absolute atomic E-state index is 0.0269. The fourth-order valence-corrected chi connectivity index (χ4v) is 2.91. The lowest BCUT2D eigenvalue weighted by Crippen LogP contribution is -2.32. The van der Waals surface area contributed by atoms with Gasteiger partial charge in [-0.25, -0.2) is 8.42 Å². The number of rotatable bonds is 4. The van der Waals surface area contributed by atoms with Crippen LogP contribution in [-0.2, 0) is 10.0 Å². The van der Waals surface area contributed by atoms with Crippen LogP contribution >= 0.6 is 0 Å². The second-order valence-corrected chi connectivity index (χ2v) is 5.35. The lowest BCUT2D eigenvalue weighted by atomic mass is 10.2. The zero-order valence-corrected chi connectivity index (χ0v) is 10.4. The predicted molar refractivity (Wildman–Crippen MR) is 67.6 cm³/mol. The van der Waals surface area contributed by atoms with E-state index in [1.165, 1.54) is 0 Å². The van der Waals surface area contributed by atoms with Crippen LogP contribution in [0.2, 0.25) is 0 Å². The highest BCUT2D eigenvalue weighted by Gasteiger charge is 2.24. The van der Waals surface area contributed by atoms with Crippen LogP contribution < -0.4 is 0 Å². The van der Waals surface area contributed by atoms with Gasteiger partial charge in [-0.1, -0.05) is 30.0 Å². The molecule has 0 amide bonds. The molecule has 0 saturated carbocycles. The molecule has 1 rings (SSSR count). The number of benzene rings is 1. The molecule has 0 radical (unpaired) electrons. The molecule has 0 atom stereocenters. The second kappa shape index (κ2) is 5.54. The summed E-state index contributed by atoms with van der Waals surface area (Å²) in [6.45, 7) is 1.68. The average Bonchev–Trinajstić information content (AvgIpc) is 2.29. The van der Waals surface area contributed by atoms with Gasteiger partial charge in [0.25, 0.3) is 0 Å². The topological polar surface area (TPSA) is 37.4 Å². The molecule has 4 heteroatoms. The van der Waals surface area contributed by atoms with Gasteiger partial charge in [-0.05, 0) is 18.6 Å². The van der Waals surface area contributed by atoms with E-state index in [0.29, 0.717) is 5.56 Å². The van der Waals surface area contributed by atoms with Gasteiger partial charge in [0, 0.05) is 0 Å². The first-order chi connectivity index (χ1) is 8.04. The van der Waals surface area contributed by atoms with Crippen molar-refractivity contribution in [1.82, 2.24) is 4.31 Å². The fraction of sp³-hybridized carbons (Fsp3) is 0.231. The van der Waals surface area contributed by atoms with Crippen molar-refractivity contribution in [2.75, 3.05) is 13.1 Å². The third-order valence-electron chi connectivity index (χ3n) is 2.25. The van der Waals surface area contributed by atoms with Crippen LogP contribution in [0, 0.1) is 31.6 Å². The number of hydrogen-bond donors (Lipinski definition) is 0. The summed E-state index contributed by atoms with van der Waals surface area (Å²) in [4.78, 5) is 0.241. The Balaban J connectivity index is 3.23. The lowest BCUT2D eigenvalue weighted by Gasteiger charge is -2.18. The molecule has 17 heavy (non-hydrogen) atoms. The molecule has 0 saturated heterocycles. The third kappa shape index (κ3) is 2.88. The molecule has 1 aromatic carbocycles. The molecule has 1 aromatic rings. The summed E-state index contributed by atoms with van der Waals surface area (Å²) in [7, 11) is -3.61. The van der Waals surface area contributed by atoms with E-state index in [0.717, 1.165) is 4.31 Å². The number of aryl methyl sites for hydroxylation is 1. The molecule has 0 aliphatic rings. The van der Waals surface area contributed by atoms with E-state index < -0.39 is 10.0 Å². The van der Waals surface area contributed by atoms with Gasteiger partial charge < -0.3 is 0 Å². The molecule has 88 valence electrons. The Morgan fingerprint density at radius 1 is 1.18 bits per heavy atom. The quantitative estimate of drug-likeness (QED) is 0.751. The number of terminal acetylenes is 2. The number of sulfonamides is 1. The summed E-state index contributed by atoms with van der Waals surface area (Å²) in [6.07, 6.45) is 10.3. The van der Waals surface area contributed by atoms with E-state index >= 15 is 0 Å². The molecule has 0 bridgehead atoms. The van der Waals surface area contributed by atoms with Gasteiger partial charge in [-0.2, -0.15) is 4.31 Å². The van der Waals surface area contributed by atoms with Crippen LogP contribution in [0.3, 0.4) is 0 Å². The molecule has 0 unspecified atom stereocenters. The first-order valence-corrected chi connectivity index (χ1v) is 6.40.